The third-order valence-corrected chi connectivity index (χ3v) is 7.37. The molecule has 0 aliphatic carbocycles. The Labute approximate surface area is 213 Å². The van der Waals surface area contributed by atoms with Gasteiger partial charge in [0.2, 0.25) is 0 Å². The van der Waals surface area contributed by atoms with E-state index in [0.29, 0.717) is 27.1 Å². The third-order valence-electron chi connectivity index (χ3n) is 5.30. The molecule has 3 aromatic carbocycles. The van der Waals surface area contributed by atoms with E-state index in [9.17, 15) is 13.5 Å². The van der Waals surface area contributed by atoms with Gasteiger partial charge in [-0.3, -0.25) is 4.57 Å². The van der Waals surface area contributed by atoms with Gasteiger partial charge >= 0.3 is 0 Å². The summed E-state index contributed by atoms with van der Waals surface area (Å²) in [4.78, 5) is 4.89. The van der Waals surface area contributed by atoms with Crippen LogP contribution in [0.4, 0.5) is 0 Å². The van der Waals surface area contributed by atoms with Crippen LogP contribution >= 0.6 is 34.8 Å². The number of sulfone groups is 1. The maximum Gasteiger partial charge on any atom is 0.175 e. The molecule has 0 saturated heterocycles. The number of benzene rings is 3. The highest BCUT2D eigenvalue weighted by atomic mass is 35.5. The normalized spacial score (nSPS) is 12.2. The molecule has 0 radical (unpaired) electrons. The molecule has 9 heteroatoms. The second kappa shape index (κ2) is 9.02. The topological polar surface area (TPSA) is 72.2 Å². The lowest BCUT2D eigenvalue weighted by molar-refractivity contribution is 0.0744. The molecule has 0 aliphatic heterocycles. The quantitative estimate of drug-likeness (QED) is 0.305. The molecule has 0 fully saturated rings. The fourth-order valence-corrected chi connectivity index (χ4v) is 5.28. The molecule has 0 aliphatic rings. The van der Waals surface area contributed by atoms with Gasteiger partial charge in [0, 0.05) is 11.8 Å². The summed E-state index contributed by atoms with van der Waals surface area (Å²) in [5.41, 5.74) is 1.73. The smallest absolute Gasteiger partial charge is 0.175 e. The van der Waals surface area contributed by atoms with E-state index < -0.39 is 15.4 Å². The van der Waals surface area contributed by atoms with Gasteiger partial charge in [0.15, 0.2) is 9.84 Å². The van der Waals surface area contributed by atoms with Crippen molar-refractivity contribution in [2.75, 3.05) is 6.26 Å². The minimum absolute atomic E-state index is 0.197. The second-order valence-corrected chi connectivity index (χ2v) is 11.6. The van der Waals surface area contributed by atoms with Crippen LogP contribution in [-0.2, 0) is 15.4 Å². The molecule has 34 heavy (non-hydrogen) atoms. The van der Waals surface area contributed by atoms with Crippen molar-refractivity contribution in [3.8, 4) is 28.2 Å². The molecule has 0 amide bonds. The summed E-state index contributed by atoms with van der Waals surface area (Å²) in [7, 11) is -3.32. The van der Waals surface area contributed by atoms with Crippen LogP contribution in [0.15, 0.2) is 71.6 Å². The summed E-state index contributed by atoms with van der Waals surface area (Å²) < 4.78 is 25.5. The Morgan fingerprint density at radius 2 is 1.41 bits per heavy atom. The number of halogens is 3. The van der Waals surface area contributed by atoms with Gasteiger partial charge < -0.3 is 5.11 Å². The lowest BCUT2D eigenvalue weighted by Gasteiger charge is -2.16. The third kappa shape index (κ3) is 4.74. The lowest BCUT2D eigenvalue weighted by Crippen LogP contribution is -2.16. The van der Waals surface area contributed by atoms with Crippen LogP contribution in [0, 0.1) is 0 Å². The first-order valence-corrected chi connectivity index (χ1v) is 13.3. The van der Waals surface area contributed by atoms with Crippen LogP contribution in [0.1, 0.15) is 19.5 Å². The lowest BCUT2D eigenvalue weighted by atomic mass is 10.0. The highest BCUT2D eigenvalue weighted by molar-refractivity contribution is 7.90. The Morgan fingerprint density at radius 1 is 0.853 bits per heavy atom. The SMILES string of the molecule is CC(C)(O)c1nc(-c2ccc(-c3cccc(S(C)(=O)=O)c3)cc2)n(-c2c(Cl)cccc2Cl)c1Cl. The van der Waals surface area contributed by atoms with Crippen molar-refractivity contribution in [1.29, 1.82) is 0 Å². The maximum atomic E-state index is 11.9. The summed E-state index contributed by atoms with van der Waals surface area (Å²) in [5, 5.41) is 11.6. The van der Waals surface area contributed by atoms with E-state index in [0.717, 1.165) is 11.1 Å². The molecule has 0 atom stereocenters. The molecule has 0 unspecified atom stereocenters. The molecule has 0 saturated carbocycles. The van der Waals surface area contributed by atoms with E-state index in [4.69, 9.17) is 34.8 Å². The summed E-state index contributed by atoms with van der Waals surface area (Å²) in [6.07, 6.45) is 1.18. The van der Waals surface area contributed by atoms with E-state index in [1.807, 2.05) is 30.3 Å². The van der Waals surface area contributed by atoms with Gasteiger partial charge in [-0.1, -0.05) is 77.3 Å². The standard InChI is InChI=1S/C25H21Cl3N2O3S/c1-25(2,31)22-23(28)30(21-19(26)8-5-9-20(21)27)24(29-22)16-12-10-15(11-13-16)17-6-4-7-18(14-17)34(3,32)33/h4-14,31H,1-3H3. The molecular formula is C25H21Cl3N2O3S. The zero-order valence-electron chi connectivity index (χ0n) is 18.6. The molecule has 0 bridgehead atoms. The Bertz CT molecular complexity index is 1470. The number of imidazole rings is 1. The van der Waals surface area contributed by atoms with E-state index >= 15 is 0 Å². The zero-order valence-corrected chi connectivity index (χ0v) is 21.6. The first-order chi connectivity index (χ1) is 15.9. The number of aromatic nitrogens is 2. The van der Waals surface area contributed by atoms with Gasteiger partial charge in [-0.2, -0.15) is 0 Å². The number of aliphatic hydroxyl groups is 1. The largest absolute Gasteiger partial charge is 0.384 e. The van der Waals surface area contributed by atoms with Crippen molar-refractivity contribution in [1.82, 2.24) is 9.55 Å². The summed E-state index contributed by atoms with van der Waals surface area (Å²) in [6, 6.07) is 19.3. The molecule has 1 N–H and O–H groups in total. The van der Waals surface area contributed by atoms with Crippen LogP contribution in [0.5, 0.6) is 0 Å². The highest BCUT2D eigenvalue weighted by Crippen LogP contribution is 2.39. The van der Waals surface area contributed by atoms with Gasteiger partial charge in [0.05, 0.1) is 20.6 Å². The first-order valence-electron chi connectivity index (χ1n) is 10.2. The van der Waals surface area contributed by atoms with Crippen LogP contribution < -0.4 is 0 Å². The van der Waals surface area contributed by atoms with E-state index in [-0.39, 0.29) is 15.7 Å². The number of nitrogens with zero attached hydrogens (tertiary/aromatic N) is 2. The second-order valence-electron chi connectivity index (χ2n) is 8.42. The fraction of sp³-hybridized carbons (Fsp3) is 0.160. The summed E-state index contributed by atoms with van der Waals surface area (Å²) in [6.45, 7) is 3.20. The summed E-state index contributed by atoms with van der Waals surface area (Å²) in [5.74, 6) is 0.452. The summed E-state index contributed by atoms with van der Waals surface area (Å²) >= 11 is 19.6. The highest BCUT2D eigenvalue weighted by Gasteiger charge is 2.29. The van der Waals surface area contributed by atoms with Gasteiger partial charge in [0.25, 0.3) is 0 Å². The number of para-hydroxylation sites is 1. The predicted octanol–water partition coefficient (Wildman–Crippen LogP) is 6.80. The van der Waals surface area contributed by atoms with E-state index in [2.05, 4.69) is 4.98 Å². The molecule has 0 spiro atoms. The Kier molecular flexibility index (Phi) is 6.57. The Hall–Kier alpha value is -2.35. The molecule has 1 heterocycles. The Morgan fingerprint density at radius 3 is 1.97 bits per heavy atom. The van der Waals surface area contributed by atoms with Gasteiger partial charge in [-0.25, -0.2) is 13.4 Å². The van der Waals surface area contributed by atoms with Crippen LogP contribution in [-0.4, -0.2) is 29.3 Å². The predicted molar refractivity (Wildman–Crippen MR) is 138 cm³/mol. The molecule has 4 aromatic rings. The zero-order chi connectivity index (χ0) is 24.8. The molecule has 176 valence electrons. The molecule has 1 aromatic heterocycles. The van der Waals surface area contributed by atoms with Crippen LogP contribution in [0.25, 0.3) is 28.2 Å². The Balaban J connectivity index is 1.87. The van der Waals surface area contributed by atoms with E-state index in [1.54, 1.807) is 54.8 Å². The average Bonchev–Trinajstić information content (AvgIpc) is 3.11. The van der Waals surface area contributed by atoms with Crippen molar-refractivity contribution < 1.29 is 13.5 Å². The average molecular weight is 536 g/mol. The van der Waals surface area contributed by atoms with Gasteiger partial charge in [-0.15, -0.1) is 0 Å². The van der Waals surface area contributed by atoms with Crippen molar-refractivity contribution in [3.05, 3.63) is 87.6 Å². The number of hydrogen-bond acceptors (Lipinski definition) is 4. The van der Waals surface area contributed by atoms with Crippen molar-refractivity contribution in [3.63, 3.8) is 0 Å². The number of hydrogen-bond donors (Lipinski definition) is 1. The van der Waals surface area contributed by atoms with Crippen LogP contribution in [0.3, 0.4) is 0 Å². The molecule has 5 nitrogen and oxygen atoms in total. The van der Waals surface area contributed by atoms with Crippen LogP contribution in [0.2, 0.25) is 15.2 Å². The monoisotopic (exact) mass is 534 g/mol. The van der Waals surface area contributed by atoms with Gasteiger partial charge in [0.1, 0.15) is 22.3 Å². The fourth-order valence-electron chi connectivity index (χ4n) is 3.61. The van der Waals surface area contributed by atoms with E-state index in [1.165, 1.54) is 6.26 Å². The minimum Gasteiger partial charge on any atom is -0.384 e. The van der Waals surface area contributed by atoms with Crippen molar-refractivity contribution in [2.45, 2.75) is 24.3 Å². The number of rotatable bonds is 5. The molecular weight excluding hydrogens is 515 g/mol. The first kappa shape index (κ1) is 24.8. The van der Waals surface area contributed by atoms with Gasteiger partial charge in [-0.05, 0) is 49.2 Å². The van der Waals surface area contributed by atoms with Crippen molar-refractivity contribution >= 4 is 44.6 Å². The van der Waals surface area contributed by atoms with Crippen molar-refractivity contribution in [2.24, 2.45) is 0 Å². The molecule has 4 rings (SSSR count). The maximum absolute atomic E-state index is 11.9. The minimum atomic E-state index is -3.32.